The van der Waals surface area contributed by atoms with Crippen molar-refractivity contribution in [2.24, 2.45) is 11.7 Å². The van der Waals surface area contributed by atoms with Crippen LogP contribution in [0.1, 0.15) is 25.3 Å². The maximum absolute atomic E-state index is 11.4. The number of halogens is 1. The SMILES string of the molecule is CCNCc1ccc(Cl)cc1N1CCCC(C(N)=O)C1. The summed E-state index contributed by atoms with van der Waals surface area (Å²) in [5.41, 5.74) is 7.78. The molecule has 110 valence electrons. The van der Waals surface area contributed by atoms with Gasteiger partial charge in [-0.2, -0.15) is 0 Å². The van der Waals surface area contributed by atoms with Gasteiger partial charge in [0.1, 0.15) is 0 Å². The molecule has 5 heteroatoms. The minimum atomic E-state index is -0.204. The number of carbonyl (C=O) groups excluding carboxylic acids is 1. The lowest BCUT2D eigenvalue weighted by Gasteiger charge is -2.34. The summed E-state index contributed by atoms with van der Waals surface area (Å²) < 4.78 is 0. The Balaban J connectivity index is 2.21. The van der Waals surface area contributed by atoms with E-state index in [4.69, 9.17) is 17.3 Å². The van der Waals surface area contributed by atoms with E-state index in [2.05, 4.69) is 17.1 Å². The van der Waals surface area contributed by atoms with Crippen LogP contribution in [0, 0.1) is 5.92 Å². The van der Waals surface area contributed by atoms with Crippen LogP contribution in [0.4, 0.5) is 5.69 Å². The first-order valence-corrected chi connectivity index (χ1v) is 7.53. The molecule has 0 saturated carbocycles. The van der Waals surface area contributed by atoms with E-state index >= 15 is 0 Å². The van der Waals surface area contributed by atoms with Gasteiger partial charge in [-0.15, -0.1) is 0 Å². The molecule has 0 aromatic heterocycles. The van der Waals surface area contributed by atoms with E-state index in [0.717, 1.165) is 43.2 Å². The number of nitrogens with two attached hydrogens (primary N) is 1. The molecule has 1 atom stereocenters. The third-order valence-electron chi connectivity index (χ3n) is 3.78. The largest absolute Gasteiger partial charge is 0.370 e. The number of piperidine rings is 1. The van der Waals surface area contributed by atoms with Crippen molar-refractivity contribution in [3.63, 3.8) is 0 Å². The Morgan fingerprint density at radius 1 is 1.55 bits per heavy atom. The van der Waals surface area contributed by atoms with Crippen LogP contribution in [-0.2, 0) is 11.3 Å². The third-order valence-corrected chi connectivity index (χ3v) is 4.01. The van der Waals surface area contributed by atoms with E-state index in [0.29, 0.717) is 6.54 Å². The first-order valence-electron chi connectivity index (χ1n) is 7.15. The highest BCUT2D eigenvalue weighted by atomic mass is 35.5. The van der Waals surface area contributed by atoms with Crippen LogP contribution in [0.25, 0.3) is 0 Å². The molecule has 20 heavy (non-hydrogen) atoms. The summed E-state index contributed by atoms with van der Waals surface area (Å²) in [4.78, 5) is 13.6. The zero-order chi connectivity index (χ0) is 14.5. The average molecular weight is 296 g/mol. The number of carbonyl (C=O) groups is 1. The number of primary amides is 1. The summed E-state index contributed by atoms with van der Waals surface area (Å²) >= 11 is 6.13. The van der Waals surface area contributed by atoms with Gasteiger partial charge in [0.05, 0.1) is 5.92 Å². The number of anilines is 1. The zero-order valence-corrected chi connectivity index (χ0v) is 12.6. The van der Waals surface area contributed by atoms with Gasteiger partial charge in [0.2, 0.25) is 5.91 Å². The monoisotopic (exact) mass is 295 g/mol. The molecule has 0 spiro atoms. The molecule has 0 bridgehead atoms. The molecule has 1 amide bonds. The summed E-state index contributed by atoms with van der Waals surface area (Å²) in [5, 5.41) is 4.06. The first-order chi connectivity index (χ1) is 9.61. The highest BCUT2D eigenvalue weighted by Crippen LogP contribution is 2.29. The van der Waals surface area contributed by atoms with Gasteiger partial charge in [-0.3, -0.25) is 4.79 Å². The minimum Gasteiger partial charge on any atom is -0.370 e. The van der Waals surface area contributed by atoms with Gasteiger partial charge in [0.25, 0.3) is 0 Å². The fourth-order valence-corrected chi connectivity index (χ4v) is 2.84. The van der Waals surface area contributed by atoms with Crippen LogP contribution in [0.15, 0.2) is 18.2 Å². The van der Waals surface area contributed by atoms with Gasteiger partial charge in [-0.1, -0.05) is 24.6 Å². The van der Waals surface area contributed by atoms with E-state index in [-0.39, 0.29) is 11.8 Å². The molecule has 1 aliphatic rings. The van der Waals surface area contributed by atoms with Crippen LogP contribution in [-0.4, -0.2) is 25.5 Å². The maximum Gasteiger partial charge on any atom is 0.222 e. The molecule has 1 aliphatic heterocycles. The second-order valence-corrected chi connectivity index (χ2v) is 5.68. The Bertz CT molecular complexity index is 478. The second-order valence-electron chi connectivity index (χ2n) is 5.24. The summed E-state index contributed by atoms with van der Waals surface area (Å²) in [6, 6.07) is 5.94. The molecule has 1 aromatic carbocycles. The summed E-state index contributed by atoms with van der Waals surface area (Å²) in [5.74, 6) is -0.264. The number of nitrogens with one attached hydrogen (secondary N) is 1. The number of rotatable bonds is 5. The fourth-order valence-electron chi connectivity index (χ4n) is 2.67. The van der Waals surface area contributed by atoms with Crippen molar-refractivity contribution >= 4 is 23.2 Å². The number of hydrogen-bond acceptors (Lipinski definition) is 3. The summed E-state index contributed by atoms with van der Waals surface area (Å²) in [6.07, 6.45) is 1.87. The minimum absolute atomic E-state index is 0.0604. The lowest BCUT2D eigenvalue weighted by atomic mass is 9.96. The molecule has 1 heterocycles. The Morgan fingerprint density at radius 2 is 2.35 bits per heavy atom. The van der Waals surface area contributed by atoms with Gasteiger partial charge < -0.3 is 16.0 Å². The highest BCUT2D eigenvalue weighted by molar-refractivity contribution is 6.30. The smallest absolute Gasteiger partial charge is 0.222 e. The van der Waals surface area contributed by atoms with Gasteiger partial charge >= 0.3 is 0 Å². The quantitative estimate of drug-likeness (QED) is 0.875. The van der Waals surface area contributed by atoms with Crippen LogP contribution in [0.3, 0.4) is 0 Å². The number of amides is 1. The summed E-state index contributed by atoms with van der Waals surface area (Å²) in [6.45, 7) is 5.45. The van der Waals surface area contributed by atoms with Crippen LogP contribution >= 0.6 is 11.6 Å². The normalized spacial score (nSPS) is 19.1. The molecule has 1 unspecified atom stereocenters. The molecule has 1 saturated heterocycles. The Kier molecular flexibility index (Phi) is 5.26. The number of nitrogens with zero attached hydrogens (tertiary/aromatic N) is 1. The van der Waals surface area contributed by atoms with Crippen molar-refractivity contribution in [3.05, 3.63) is 28.8 Å². The van der Waals surface area contributed by atoms with Gasteiger partial charge in [-0.05, 0) is 37.1 Å². The van der Waals surface area contributed by atoms with Crippen molar-refractivity contribution < 1.29 is 4.79 Å². The molecular weight excluding hydrogens is 274 g/mol. The van der Waals surface area contributed by atoms with Crippen LogP contribution in [0.5, 0.6) is 0 Å². The summed E-state index contributed by atoms with van der Waals surface area (Å²) in [7, 11) is 0. The molecular formula is C15H22ClN3O. The Hall–Kier alpha value is -1.26. The Labute approximate surface area is 125 Å². The van der Waals surface area contributed by atoms with E-state index < -0.39 is 0 Å². The topological polar surface area (TPSA) is 58.4 Å². The Morgan fingerprint density at radius 3 is 3.05 bits per heavy atom. The van der Waals surface area contributed by atoms with E-state index in [1.54, 1.807) is 0 Å². The molecule has 0 radical (unpaired) electrons. The fraction of sp³-hybridized carbons (Fsp3) is 0.533. The number of hydrogen-bond donors (Lipinski definition) is 2. The molecule has 4 nitrogen and oxygen atoms in total. The lowest BCUT2D eigenvalue weighted by molar-refractivity contribution is -0.122. The average Bonchev–Trinajstić information content (AvgIpc) is 2.46. The van der Waals surface area contributed by atoms with Crippen LogP contribution < -0.4 is 16.0 Å². The molecule has 1 aromatic rings. The predicted molar refractivity (Wildman–Crippen MR) is 83.0 cm³/mol. The van der Waals surface area contributed by atoms with Gasteiger partial charge in [-0.25, -0.2) is 0 Å². The van der Waals surface area contributed by atoms with Gasteiger partial charge in [0.15, 0.2) is 0 Å². The van der Waals surface area contributed by atoms with Crippen molar-refractivity contribution in [1.29, 1.82) is 0 Å². The molecule has 3 N–H and O–H groups in total. The first kappa shape index (κ1) is 15.1. The second kappa shape index (κ2) is 6.95. The zero-order valence-electron chi connectivity index (χ0n) is 11.9. The predicted octanol–water partition coefficient (Wildman–Crippen LogP) is 2.15. The number of benzene rings is 1. The third kappa shape index (κ3) is 3.64. The van der Waals surface area contributed by atoms with Crippen molar-refractivity contribution in [2.45, 2.75) is 26.3 Å². The van der Waals surface area contributed by atoms with E-state index in [1.165, 1.54) is 5.56 Å². The lowest BCUT2D eigenvalue weighted by Crippen LogP contribution is -2.41. The van der Waals surface area contributed by atoms with Crippen molar-refractivity contribution in [2.75, 3.05) is 24.5 Å². The van der Waals surface area contributed by atoms with Crippen LogP contribution in [0.2, 0.25) is 5.02 Å². The van der Waals surface area contributed by atoms with Crippen molar-refractivity contribution in [1.82, 2.24) is 5.32 Å². The van der Waals surface area contributed by atoms with E-state index in [9.17, 15) is 4.79 Å². The molecule has 2 rings (SSSR count). The maximum atomic E-state index is 11.4. The standard InChI is InChI=1S/C15H22ClN3O/c1-2-18-9-11-5-6-13(16)8-14(11)19-7-3-4-12(10-19)15(17)20/h5-6,8,12,18H,2-4,7,9-10H2,1H3,(H2,17,20). The highest BCUT2D eigenvalue weighted by Gasteiger charge is 2.25. The molecule has 0 aliphatic carbocycles. The molecule has 1 fully saturated rings. The van der Waals surface area contributed by atoms with Gasteiger partial charge in [0, 0.05) is 30.3 Å². The van der Waals surface area contributed by atoms with Crippen molar-refractivity contribution in [3.8, 4) is 0 Å². The van der Waals surface area contributed by atoms with E-state index in [1.807, 2.05) is 18.2 Å².